The van der Waals surface area contributed by atoms with Crippen molar-refractivity contribution in [3.63, 3.8) is 0 Å². The predicted molar refractivity (Wildman–Crippen MR) is 295 cm³/mol. The van der Waals surface area contributed by atoms with Crippen molar-refractivity contribution in [1.82, 2.24) is 0 Å². The van der Waals surface area contributed by atoms with E-state index in [1.807, 2.05) is 0 Å². The van der Waals surface area contributed by atoms with Crippen molar-refractivity contribution in [2.45, 2.75) is 84.7 Å². The number of hydrogen-bond donors (Lipinski definition) is 0. The van der Waals surface area contributed by atoms with E-state index >= 15 is 0 Å². The molecule has 2 atom stereocenters. The van der Waals surface area contributed by atoms with E-state index in [1.165, 1.54) is 120 Å². The van der Waals surface area contributed by atoms with E-state index in [4.69, 9.17) is 0 Å². The first kappa shape index (κ1) is 50.6. The molecule has 8 aromatic rings. The Labute approximate surface area is 441 Å². The van der Waals surface area contributed by atoms with Crippen LogP contribution in [0.25, 0.3) is 78.9 Å². The second-order valence-electron chi connectivity index (χ2n) is 21.4. The number of rotatable bonds is 10. The Morgan fingerprint density at radius 2 is 0.606 bits per heavy atom. The molecule has 3 aliphatic rings. The van der Waals surface area contributed by atoms with Gasteiger partial charge in [-0.15, -0.1) is 0 Å². The van der Waals surface area contributed by atoms with E-state index in [0.29, 0.717) is 19.1 Å². The number of fused-ring (bicyclic) bond motifs is 2. The summed E-state index contributed by atoms with van der Waals surface area (Å²) >= 11 is -3.25. The van der Waals surface area contributed by atoms with Crippen LogP contribution in [0.4, 0.5) is 0 Å². The fourth-order valence-electron chi connectivity index (χ4n) is 12.9. The third kappa shape index (κ3) is 8.63. The Bertz CT molecular complexity index is 3030. The van der Waals surface area contributed by atoms with Gasteiger partial charge < -0.3 is 24.8 Å². The molecule has 0 nitrogen and oxygen atoms in total. The normalized spacial score (nSPS) is 15.8. The Kier molecular flexibility index (Phi) is 14.2. The molecule has 1 fully saturated rings. The fourth-order valence-corrected chi connectivity index (χ4v) is 31.4. The van der Waals surface area contributed by atoms with Gasteiger partial charge in [-0.3, -0.25) is 0 Å². The molecule has 71 heavy (non-hydrogen) atoms. The molecule has 0 radical (unpaired) electrons. The van der Waals surface area contributed by atoms with E-state index < -0.39 is 20.3 Å². The van der Waals surface area contributed by atoms with Gasteiger partial charge in [0, 0.05) is 0 Å². The van der Waals surface area contributed by atoms with Gasteiger partial charge in [-0.25, -0.2) is 0 Å². The summed E-state index contributed by atoms with van der Waals surface area (Å²) in [6, 6.07) is 58.8. The molecular formula is C68H66Cl2Zr. The molecule has 0 aromatic heterocycles. The molecule has 356 valence electrons. The molecule has 1 aliphatic heterocycles. The summed E-state index contributed by atoms with van der Waals surface area (Å²) in [4.78, 5) is 0. The second kappa shape index (κ2) is 20.0. The van der Waals surface area contributed by atoms with Crippen molar-refractivity contribution in [2.24, 2.45) is 11.8 Å². The summed E-state index contributed by atoms with van der Waals surface area (Å²) < 4.78 is 3.94. The maximum absolute atomic E-state index is 3.25. The largest absolute Gasteiger partial charge is 1.00 e. The van der Waals surface area contributed by atoms with Gasteiger partial charge in [-0.1, -0.05) is 0 Å². The zero-order valence-corrected chi connectivity index (χ0v) is 47.1. The molecule has 1 heterocycles. The van der Waals surface area contributed by atoms with E-state index in [9.17, 15) is 0 Å². The van der Waals surface area contributed by atoms with Crippen molar-refractivity contribution in [2.75, 3.05) is 0 Å². The predicted octanol–water partition coefficient (Wildman–Crippen LogP) is 13.4. The van der Waals surface area contributed by atoms with Crippen LogP contribution in [-0.2, 0) is 20.3 Å². The third-order valence-electron chi connectivity index (χ3n) is 17.0. The molecule has 0 bridgehead atoms. The first-order chi connectivity index (χ1) is 33.4. The third-order valence-corrected chi connectivity index (χ3v) is 29.8. The van der Waals surface area contributed by atoms with E-state index in [2.05, 4.69) is 239 Å². The first-order valence-electron chi connectivity index (χ1n) is 25.6. The van der Waals surface area contributed by atoms with Crippen LogP contribution in [0.5, 0.6) is 0 Å². The molecule has 2 aliphatic carbocycles. The van der Waals surface area contributed by atoms with Crippen molar-refractivity contribution >= 4 is 12.2 Å². The molecular weight excluding hydrogens is 979 g/mol. The summed E-state index contributed by atoms with van der Waals surface area (Å²) in [7, 11) is 0. The standard InChI is InChI=1S/2C33H31.C2H4.2ClH.Zr/c2*1-21(2)27-19-31-23(4)22(3)24(5)33(32(31)20-27)30-17-28(25-12-8-6-9-13-25)16-29(18-30)26-14-10-7-11-15-26;1-2;;;/h2*6-21H,1-5H3;1-2H2;2*1H;/q;;;;;+2/p-2. The smallest absolute Gasteiger partial charge is 1.00 e. The van der Waals surface area contributed by atoms with E-state index in [-0.39, 0.29) is 24.8 Å². The fraction of sp³-hybridized carbons (Fsp3) is 0.235. The van der Waals surface area contributed by atoms with Gasteiger partial charge in [0.2, 0.25) is 0 Å². The molecule has 8 aromatic carbocycles. The minimum atomic E-state index is -3.25. The maximum atomic E-state index is 2.74. The quantitative estimate of drug-likeness (QED) is 0.128. The van der Waals surface area contributed by atoms with E-state index in [0.717, 1.165) is 0 Å². The monoisotopic (exact) mass is 1040 g/mol. The van der Waals surface area contributed by atoms with Crippen LogP contribution >= 0.6 is 0 Å². The average Bonchev–Trinajstić information content (AvgIpc) is 3.90. The van der Waals surface area contributed by atoms with Gasteiger partial charge >= 0.3 is 420 Å². The molecule has 11 rings (SSSR count). The number of hydrogen-bond acceptors (Lipinski definition) is 0. The summed E-state index contributed by atoms with van der Waals surface area (Å²) in [5, 5.41) is 0. The van der Waals surface area contributed by atoms with Gasteiger partial charge in [-0.05, 0) is 0 Å². The van der Waals surface area contributed by atoms with Crippen LogP contribution in [0.1, 0.15) is 90.6 Å². The zero-order chi connectivity index (χ0) is 47.9. The van der Waals surface area contributed by atoms with Gasteiger partial charge in [0.05, 0.1) is 0 Å². The van der Waals surface area contributed by atoms with Crippen molar-refractivity contribution in [3.8, 4) is 66.8 Å². The topological polar surface area (TPSA) is 0 Å². The molecule has 2 unspecified atom stereocenters. The molecule has 0 saturated carbocycles. The average molecular weight is 1050 g/mol. The maximum Gasteiger partial charge on any atom is -1.00 e. The van der Waals surface area contributed by atoms with Crippen molar-refractivity contribution in [3.05, 3.63) is 225 Å². The Morgan fingerprint density at radius 1 is 0.338 bits per heavy atom. The van der Waals surface area contributed by atoms with E-state index in [1.54, 1.807) is 22.3 Å². The second-order valence-corrected chi connectivity index (χ2v) is 32.8. The molecule has 0 N–H and O–H groups in total. The number of halogens is 2. The Balaban J connectivity index is 0.00000312. The summed E-state index contributed by atoms with van der Waals surface area (Å²) in [6.45, 7) is 24.6. The van der Waals surface area contributed by atoms with Crippen LogP contribution in [0, 0.1) is 53.4 Å². The van der Waals surface area contributed by atoms with Crippen LogP contribution in [-0.4, -0.2) is 0 Å². The summed E-state index contributed by atoms with van der Waals surface area (Å²) in [5.41, 5.74) is 34.3. The van der Waals surface area contributed by atoms with Gasteiger partial charge in [0.25, 0.3) is 0 Å². The number of allylic oxidation sites excluding steroid dienone is 2. The molecule has 1 saturated heterocycles. The van der Waals surface area contributed by atoms with Crippen LogP contribution in [0.15, 0.2) is 169 Å². The van der Waals surface area contributed by atoms with Gasteiger partial charge in [0.1, 0.15) is 0 Å². The summed E-state index contributed by atoms with van der Waals surface area (Å²) in [5.74, 6) is 0.918. The van der Waals surface area contributed by atoms with Gasteiger partial charge in [-0.2, -0.15) is 0 Å². The van der Waals surface area contributed by atoms with Crippen LogP contribution < -0.4 is 24.8 Å². The molecule has 0 amide bonds. The summed E-state index contributed by atoms with van der Waals surface area (Å²) in [6.07, 6.45) is 5.47. The van der Waals surface area contributed by atoms with Gasteiger partial charge in [0.15, 0.2) is 0 Å². The number of benzene rings is 8. The van der Waals surface area contributed by atoms with Crippen LogP contribution in [0.3, 0.4) is 0 Å². The first-order valence-corrected chi connectivity index (χ1v) is 31.9. The Morgan fingerprint density at radius 3 is 0.859 bits per heavy atom. The SMILES string of the molecule is Cc1c(C)c(-c2cc(-c3ccccc3)cc(-c3ccccc3)c2)c2c(c1C)[CH]([Zr+2]1([CH]3C(C(C)C)=Cc4c(-c5cc(-c6ccccc6)cc(-c6ccccc6)c5)c(C)c(C)c(C)c43)[CH2][CH2]1)C(C(C)C)=C2.[Cl-].[Cl-]. The Hall–Kier alpha value is -5.30. The molecule has 3 heteroatoms. The molecule has 0 spiro atoms. The zero-order valence-electron chi connectivity index (χ0n) is 43.1. The van der Waals surface area contributed by atoms with Crippen molar-refractivity contribution in [1.29, 1.82) is 0 Å². The van der Waals surface area contributed by atoms with Crippen molar-refractivity contribution < 1.29 is 45.1 Å². The van der Waals surface area contributed by atoms with Crippen LogP contribution in [0.2, 0.25) is 8.26 Å². The minimum Gasteiger partial charge on any atom is -1.00 e. The minimum absolute atomic E-state index is 0.